The fourth-order valence-electron chi connectivity index (χ4n) is 17.5. The Balaban J connectivity index is 0.000000306. The van der Waals surface area contributed by atoms with Crippen LogP contribution in [0.4, 0.5) is 0 Å². The van der Waals surface area contributed by atoms with Crippen molar-refractivity contribution in [2.45, 2.75) is 427 Å². The summed E-state index contributed by atoms with van der Waals surface area (Å²) in [7, 11) is 0. The van der Waals surface area contributed by atoms with Crippen LogP contribution in [0.1, 0.15) is 103 Å². The molecule has 51 atom stereocenters. The van der Waals surface area contributed by atoms with Crippen LogP contribution in [0, 0.1) is 10.8 Å². The molecule has 25 aliphatic heterocycles. The third-order valence-corrected chi connectivity index (χ3v) is 26.9. The smallest absolute Gasteiger partial charge is 0.187 e. The zero-order chi connectivity index (χ0) is 109. The van der Waals surface area contributed by atoms with Gasteiger partial charge < -0.3 is 270 Å². The van der Waals surface area contributed by atoms with Crippen molar-refractivity contribution >= 4 is 11.6 Å². The number of ether oxygens (including phenoxy) is 22. The summed E-state index contributed by atoms with van der Waals surface area (Å²) < 4.78 is 126. The molecule has 0 aliphatic carbocycles. The molecule has 35 N–H and O–H groups in total. The van der Waals surface area contributed by atoms with Crippen molar-refractivity contribution < 1.29 is 252 Å². The van der Waals surface area contributed by atoms with E-state index in [2.05, 4.69) is 23.8 Å². The van der Waals surface area contributed by atoms with Gasteiger partial charge in [-0.2, -0.15) is 0 Å². The normalized spacial score (nSPS) is 45.8. The van der Waals surface area contributed by atoms with E-state index in [0.29, 0.717) is 52.1 Å². The van der Waals surface area contributed by atoms with Crippen molar-refractivity contribution in [3.63, 3.8) is 0 Å². The number of ketones is 2. The maximum atomic E-state index is 11.4. The second-order valence-corrected chi connectivity index (χ2v) is 40.6. The first kappa shape index (κ1) is 128. The highest BCUT2D eigenvalue weighted by molar-refractivity contribution is 5.89. The predicted molar refractivity (Wildman–Crippen MR) is 488 cm³/mol. The van der Waals surface area contributed by atoms with Gasteiger partial charge >= 0.3 is 0 Å². The first-order valence-electron chi connectivity index (χ1n) is 48.6. The van der Waals surface area contributed by atoms with E-state index in [1.54, 1.807) is 0 Å². The van der Waals surface area contributed by atoms with Crippen molar-refractivity contribution in [1.29, 1.82) is 0 Å². The fourth-order valence-corrected chi connectivity index (χ4v) is 17.5. The Morgan fingerprint density at radius 1 is 0.315 bits per heavy atom. The lowest BCUT2D eigenvalue weighted by atomic mass is 9.84. The second kappa shape index (κ2) is 57.0. The van der Waals surface area contributed by atoms with Gasteiger partial charge in [-0.1, -0.05) is 40.9 Å². The van der Waals surface area contributed by atoms with E-state index in [1.807, 2.05) is 83.1 Å². The van der Waals surface area contributed by atoms with E-state index in [0.717, 1.165) is 0 Å². The summed E-state index contributed by atoms with van der Waals surface area (Å²) >= 11 is 0. The summed E-state index contributed by atoms with van der Waals surface area (Å²) in [6.45, 7) is 26.4. The van der Waals surface area contributed by atoms with Crippen molar-refractivity contribution in [1.82, 2.24) is 10.6 Å². The zero-order valence-electron chi connectivity index (χ0n) is 83.9. The van der Waals surface area contributed by atoms with Crippen LogP contribution < -0.4 is 27.8 Å². The van der Waals surface area contributed by atoms with E-state index in [1.165, 1.54) is 19.1 Å². The summed E-state index contributed by atoms with van der Waals surface area (Å²) in [5, 5.41) is 301. The van der Waals surface area contributed by atoms with Crippen molar-refractivity contribution in [3.8, 4) is 0 Å². The minimum absolute atomic E-state index is 0.0185. The molecule has 56 nitrogen and oxygen atoms in total. The highest BCUT2D eigenvalue weighted by Crippen LogP contribution is 2.45. The summed E-state index contributed by atoms with van der Waals surface area (Å²) in [4.78, 5) is 21.1. The number of carbonyl (C=O) groups excluding carboxylic acids is 2. The molecule has 51 unspecified atom stereocenters. The van der Waals surface area contributed by atoms with Gasteiger partial charge in [0, 0.05) is 56.5 Å². The van der Waals surface area contributed by atoms with E-state index < -0.39 is 369 Å². The molecular formula is C90H163N5O51. The van der Waals surface area contributed by atoms with Crippen LogP contribution in [0.3, 0.4) is 0 Å². The van der Waals surface area contributed by atoms with Gasteiger partial charge in [0.1, 0.15) is 232 Å². The number of aliphatic hydroxyl groups excluding tert-OH is 27. The summed E-state index contributed by atoms with van der Waals surface area (Å²) in [6.07, 6.45) is -81.4. The SMILES string of the molecule is C=CC(=O)CCCNCC1OC(OC(C)(C)C)C(O)C(O)C1OC1OC(C)C(C)(C)C1O.C=CC(C)=O.CC1OC(OC2C(CNCCN)OC(OC(C)(C)C)C(O)C2O)C(O)C1(C)C.NCCN.OCC1OC2OC3C(CO)OC(OC4C(CO)OC(OC5C(CO)OC(OC6C(CO)OC(OC7C(CO)OC(OC8C(CO)OC(OC1C(O)C2O)C(O)C8O)C(O)C7O)C(O)C6O)C(O)C5O)C(O)C4O)C(O)C3O. The Morgan fingerprint density at radius 2 is 0.541 bits per heavy atom. The molecule has 0 aromatic heterocycles. The van der Waals surface area contributed by atoms with Crippen molar-refractivity contribution in [2.75, 3.05) is 92.1 Å². The number of nitrogens with two attached hydrogens (primary N) is 3. The monoisotopic (exact) mass is 2130 g/mol. The first-order valence-corrected chi connectivity index (χ1v) is 48.6. The lowest BCUT2D eigenvalue weighted by Gasteiger charge is -2.50. The topological polar surface area (TPSA) is 886 Å². The number of hydrogen-bond donors (Lipinski definition) is 32. The molecular weight excluding hydrogens is 1970 g/mol. The molecule has 14 bridgehead atoms. The molecule has 25 saturated heterocycles. The minimum atomic E-state index is -2.21. The Hall–Kier alpha value is -3.34. The lowest BCUT2D eigenvalue weighted by molar-refractivity contribution is -0.396. The van der Waals surface area contributed by atoms with Crippen molar-refractivity contribution in [3.05, 3.63) is 25.3 Å². The van der Waals surface area contributed by atoms with Crippen LogP contribution >= 0.6 is 0 Å². The highest BCUT2D eigenvalue weighted by Gasteiger charge is 2.63. The molecule has 56 heteroatoms. The molecule has 0 amide bonds. The molecule has 0 aromatic carbocycles. The molecule has 0 aromatic rings. The third kappa shape index (κ3) is 31.6. The van der Waals surface area contributed by atoms with Gasteiger partial charge in [-0.05, 0) is 87.4 Å². The molecule has 0 spiro atoms. The first-order chi connectivity index (χ1) is 68.5. The van der Waals surface area contributed by atoms with Gasteiger partial charge in [-0.3, -0.25) is 9.59 Å². The van der Waals surface area contributed by atoms with Gasteiger partial charge in [-0.25, -0.2) is 0 Å². The average molecular weight is 2130 g/mol. The number of hydrogen-bond acceptors (Lipinski definition) is 56. The quantitative estimate of drug-likeness (QED) is 0.0282. The predicted octanol–water partition coefficient (Wildman–Crippen LogP) is -15.4. The third-order valence-electron chi connectivity index (χ3n) is 26.9. The van der Waals surface area contributed by atoms with Gasteiger partial charge in [0.2, 0.25) is 0 Å². The largest absolute Gasteiger partial charge is 0.394 e. The average Bonchev–Trinajstić information content (AvgIpc) is 1.01. The van der Waals surface area contributed by atoms with Gasteiger partial charge in [-0.15, -0.1) is 0 Å². The number of carbonyl (C=O) groups is 2. The number of aliphatic hydroxyl groups is 27. The Morgan fingerprint density at radius 3 is 0.719 bits per heavy atom. The van der Waals surface area contributed by atoms with E-state index in [-0.39, 0.29) is 30.3 Å². The number of allylic oxidation sites excluding steroid dienone is 2. The Kier molecular flexibility index (Phi) is 49.9. The summed E-state index contributed by atoms with van der Waals surface area (Å²) in [5.74, 6) is -0.00628. The van der Waals surface area contributed by atoms with E-state index in [9.17, 15) is 147 Å². The molecule has 146 heavy (non-hydrogen) atoms. The standard InChI is InChI=1S/C42H70O35.C23H41NO8.C19H38N2O7.C4H6O.C2H8N2/c43-1-8-29-15(50)22(57)36(64-8)72-30-9(2-44)66-38(24(59)17(30)52)74-32-11(4-46)68-40(26(61)19(32)54)76-34-13(6-48)70-42(28(63)21(34)56)77-35-14(7-49)69-41(27(62)20(35)55)75-33-12(5-47)67-39(25(60)18(33)53)73-31-10(3-45)65-37(71-29)23(58)16(31)51;1-8-14(25)10-9-11-24-12-15-18(31-21-19(28)23(6,7)13(2)29-21)16(26)17(27)20(30-15)32-22(3,4)5;1-10-19(5,6)15(24)17(25-10)27-14-11(9-21-8-7-20)26-16(13(23)12(14)22)28-18(2,3)4;1-3-4(2)5;3-1-2-4/h8-63H,1-7H2;8,13,15-21,24,26-28H,1,9-12H2,2-7H3;10-17,21-24H,7-9,20H2,1-6H3;3H,1H2,2H3;1-4H2. The number of rotatable bonds is 26. The molecule has 0 saturated carbocycles. The van der Waals surface area contributed by atoms with E-state index >= 15 is 0 Å². The second-order valence-electron chi connectivity index (χ2n) is 40.6. The van der Waals surface area contributed by atoms with Crippen LogP contribution in [0.25, 0.3) is 0 Å². The summed E-state index contributed by atoms with van der Waals surface area (Å²) in [5.41, 5.74) is 13.1. The summed E-state index contributed by atoms with van der Waals surface area (Å²) in [6, 6.07) is 0. The molecule has 854 valence electrons. The van der Waals surface area contributed by atoms with Crippen molar-refractivity contribution in [2.24, 2.45) is 28.0 Å². The maximum Gasteiger partial charge on any atom is 0.187 e. The van der Waals surface area contributed by atoms with Gasteiger partial charge in [0.25, 0.3) is 0 Å². The maximum absolute atomic E-state index is 11.4. The number of nitrogens with one attached hydrogen (secondary N) is 2. The van der Waals surface area contributed by atoms with E-state index in [4.69, 9.17) is 121 Å². The fraction of sp³-hybridized carbons (Fsp3) is 0.933. The Labute approximate surface area is 843 Å². The minimum Gasteiger partial charge on any atom is -0.394 e. The van der Waals surface area contributed by atoms with Gasteiger partial charge in [0.05, 0.1) is 69.7 Å². The van der Waals surface area contributed by atoms with Crippen LogP contribution in [0.15, 0.2) is 25.3 Å². The molecule has 25 aliphatic rings. The van der Waals surface area contributed by atoms with Gasteiger partial charge in [0.15, 0.2) is 80.8 Å². The zero-order valence-corrected chi connectivity index (χ0v) is 83.9. The molecule has 25 heterocycles. The van der Waals surface area contributed by atoms with Crippen LogP contribution in [-0.2, 0) is 114 Å². The van der Waals surface area contributed by atoms with Crippen LogP contribution in [0.5, 0.6) is 0 Å². The molecule has 25 rings (SSSR count). The van der Waals surface area contributed by atoms with Crippen LogP contribution in [-0.4, -0.2) is 566 Å². The lowest BCUT2D eigenvalue weighted by Crippen LogP contribution is -2.68. The molecule has 0 radical (unpaired) electrons. The Bertz CT molecular complexity index is 3460. The molecule has 25 fully saturated rings. The van der Waals surface area contributed by atoms with Crippen LogP contribution in [0.2, 0.25) is 0 Å². The highest BCUT2D eigenvalue weighted by atomic mass is 16.8.